The third kappa shape index (κ3) is 5.93. The second kappa shape index (κ2) is 9.90. The number of carbonyl (C=O) groups is 1. The van der Waals surface area contributed by atoms with E-state index in [0.29, 0.717) is 31.9 Å². The summed E-state index contributed by atoms with van der Waals surface area (Å²) in [7, 11) is -3.43. The van der Waals surface area contributed by atoms with Crippen LogP contribution in [0.15, 0.2) is 42.6 Å². The maximum absolute atomic E-state index is 12.6. The third-order valence-electron chi connectivity index (χ3n) is 4.99. The number of hydrogen-bond acceptors (Lipinski definition) is 6. The molecular weight excluding hydrogens is 404 g/mol. The van der Waals surface area contributed by atoms with Crippen molar-refractivity contribution in [3.63, 3.8) is 0 Å². The number of amides is 1. The van der Waals surface area contributed by atoms with E-state index in [4.69, 9.17) is 4.74 Å². The Labute approximate surface area is 177 Å². The molecule has 1 saturated heterocycles. The van der Waals surface area contributed by atoms with Gasteiger partial charge >= 0.3 is 0 Å². The van der Waals surface area contributed by atoms with Crippen LogP contribution in [-0.2, 0) is 14.8 Å². The predicted molar refractivity (Wildman–Crippen MR) is 116 cm³/mol. The number of pyridine rings is 1. The minimum absolute atomic E-state index is 0.0534. The Morgan fingerprint density at radius 3 is 2.60 bits per heavy atom. The van der Waals surface area contributed by atoms with Gasteiger partial charge in [-0.25, -0.2) is 13.4 Å². The van der Waals surface area contributed by atoms with Gasteiger partial charge in [0.15, 0.2) is 6.61 Å². The summed E-state index contributed by atoms with van der Waals surface area (Å²) in [5.74, 6) is 1.03. The second-order valence-corrected chi connectivity index (χ2v) is 9.39. The Morgan fingerprint density at radius 2 is 1.90 bits per heavy atom. The van der Waals surface area contributed by atoms with Gasteiger partial charge in [-0.05, 0) is 43.2 Å². The number of ether oxygens (including phenoxy) is 1. The lowest BCUT2D eigenvalue weighted by molar-refractivity contribution is -0.122. The monoisotopic (exact) mass is 432 g/mol. The van der Waals surface area contributed by atoms with Crippen LogP contribution >= 0.6 is 0 Å². The van der Waals surface area contributed by atoms with Crippen molar-refractivity contribution >= 4 is 21.7 Å². The molecule has 2 aromatic rings. The molecule has 1 aliphatic rings. The van der Waals surface area contributed by atoms with Crippen molar-refractivity contribution in [2.75, 3.05) is 50.0 Å². The first-order chi connectivity index (χ1) is 14.3. The summed E-state index contributed by atoms with van der Waals surface area (Å²) in [4.78, 5) is 18.4. The van der Waals surface area contributed by atoms with Gasteiger partial charge in [-0.3, -0.25) is 4.79 Å². The molecule has 162 valence electrons. The average molecular weight is 433 g/mol. The number of carbonyl (C=O) groups excluding carboxylic acids is 1. The van der Waals surface area contributed by atoms with E-state index in [2.05, 4.69) is 15.2 Å². The number of anilines is 1. The number of piperazine rings is 1. The van der Waals surface area contributed by atoms with Crippen LogP contribution in [0, 0.1) is 13.8 Å². The molecule has 0 bridgehead atoms. The Balaban J connectivity index is 1.41. The fourth-order valence-electron chi connectivity index (χ4n) is 3.24. The van der Waals surface area contributed by atoms with Crippen molar-refractivity contribution in [2.24, 2.45) is 0 Å². The lowest BCUT2D eigenvalue weighted by atomic mass is 10.1. The van der Waals surface area contributed by atoms with Crippen LogP contribution in [0.1, 0.15) is 11.1 Å². The van der Waals surface area contributed by atoms with Gasteiger partial charge < -0.3 is 15.0 Å². The number of aromatic nitrogens is 1. The summed E-state index contributed by atoms with van der Waals surface area (Å²) in [6, 6.07) is 11.5. The topological polar surface area (TPSA) is 91.8 Å². The summed E-state index contributed by atoms with van der Waals surface area (Å²) < 4.78 is 32.2. The highest BCUT2D eigenvalue weighted by molar-refractivity contribution is 7.89. The van der Waals surface area contributed by atoms with Gasteiger partial charge in [0.2, 0.25) is 10.0 Å². The van der Waals surface area contributed by atoms with E-state index in [0.717, 1.165) is 16.9 Å². The summed E-state index contributed by atoms with van der Waals surface area (Å²) in [6.45, 7) is 5.76. The first kappa shape index (κ1) is 22.0. The average Bonchev–Trinajstić information content (AvgIpc) is 2.75. The number of sulfonamides is 1. The fourth-order valence-corrected chi connectivity index (χ4v) is 4.58. The van der Waals surface area contributed by atoms with Crippen LogP contribution in [0.3, 0.4) is 0 Å². The summed E-state index contributed by atoms with van der Waals surface area (Å²) >= 11 is 0. The molecule has 0 spiro atoms. The first-order valence-electron chi connectivity index (χ1n) is 9.96. The third-order valence-corrected chi connectivity index (χ3v) is 6.86. The highest BCUT2D eigenvalue weighted by atomic mass is 32.2. The minimum Gasteiger partial charge on any atom is -0.483 e. The zero-order valence-electron chi connectivity index (χ0n) is 17.4. The maximum Gasteiger partial charge on any atom is 0.257 e. The van der Waals surface area contributed by atoms with Crippen LogP contribution in [-0.4, -0.2) is 68.7 Å². The first-order valence-corrected chi connectivity index (χ1v) is 11.6. The lowest BCUT2D eigenvalue weighted by Gasteiger charge is -2.34. The van der Waals surface area contributed by atoms with Crippen LogP contribution in [0.5, 0.6) is 5.75 Å². The van der Waals surface area contributed by atoms with Crippen molar-refractivity contribution in [3.05, 3.63) is 53.7 Å². The minimum atomic E-state index is -3.43. The number of nitrogens with one attached hydrogen (secondary N) is 1. The number of aryl methyl sites for hydroxylation is 2. The van der Waals surface area contributed by atoms with Gasteiger partial charge in [0.25, 0.3) is 5.91 Å². The summed E-state index contributed by atoms with van der Waals surface area (Å²) in [5.41, 5.74) is 1.99. The molecule has 8 nitrogen and oxygen atoms in total. The maximum atomic E-state index is 12.6. The molecule has 1 N–H and O–H groups in total. The highest BCUT2D eigenvalue weighted by Gasteiger charge is 2.27. The molecule has 1 amide bonds. The summed E-state index contributed by atoms with van der Waals surface area (Å²) in [5, 5.41) is 2.63. The molecule has 1 aromatic heterocycles. The van der Waals surface area contributed by atoms with Crippen LogP contribution in [0.25, 0.3) is 0 Å². The molecule has 0 unspecified atom stereocenters. The Bertz CT molecular complexity index is 958. The molecule has 3 rings (SSSR count). The van der Waals surface area contributed by atoms with Crippen molar-refractivity contribution in [1.29, 1.82) is 0 Å². The van der Waals surface area contributed by atoms with Crippen LogP contribution in [0.2, 0.25) is 0 Å². The zero-order valence-corrected chi connectivity index (χ0v) is 18.2. The molecule has 0 radical (unpaired) electrons. The van der Waals surface area contributed by atoms with Crippen molar-refractivity contribution in [3.8, 4) is 5.75 Å². The van der Waals surface area contributed by atoms with E-state index in [-0.39, 0.29) is 24.8 Å². The molecular formula is C21H28N4O4S. The molecule has 0 aliphatic carbocycles. The van der Waals surface area contributed by atoms with Crippen LogP contribution in [0.4, 0.5) is 5.82 Å². The second-order valence-electron chi connectivity index (χ2n) is 7.30. The molecule has 30 heavy (non-hydrogen) atoms. The fraction of sp³-hybridized carbons (Fsp3) is 0.429. The Kier molecular flexibility index (Phi) is 7.28. The van der Waals surface area contributed by atoms with Crippen molar-refractivity contribution in [1.82, 2.24) is 14.6 Å². The van der Waals surface area contributed by atoms with Gasteiger partial charge in [0.1, 0.15) is 11.6 Å². The van der Waals surface area contributed by atoms with Crippen molar-refractivity contribution in [2.45, 2.75) is 13.8 Å². The molecule has 0 saturated carbocycles. The number of nitrogens with zero attached hydrogens (tertiary/aromatic N) is 3. The lowest BCUT2D eigenvalue weighted by Crippen LogP contribution is -2.50. The molecule has 0 atom stereocenters. The number of hydrogen-bond donors (Lipinski definition) is 1. The van der Waals surface area contributed by atoms with E-state index < -0.39 is 10.0 Å². The predicted octanol–water partition coefficient (Wildman–Crippen LogP) is 1.35. The zero-order chi connectivity index (χ0) is 21.6. The largest absolute Gasteiger partial charge is 0.483 e. The molecule has 1 aromatic carbocycles. The van der Waals surface area contributed by atoms with E-state index >= 15 is 0 Å². The molecule has 9 heteroatoms. The van der Waals surface area contributed by atoms with Crippen molar-refractivity contribution < 1.29 is 17.9 Å². The van der Waals surface area contributed by atoms with Gasteiger partial charge in [-0.2, -0.15) is 4.31 Å². The van der Waals surface area contributed by atoms with Gasteiger partial charge in [0, 0.05) is 38.9 Å². The van der Waals surface area contributed by atoms with Gasteiger partial charge in [-0.15, -0.1) is 0 Å². The van der Waals surface area contributed by atoms with Crippen LogP contribution < -0.4 is 15.0 Å². The summed E-state index contributed by atoms with van der Waals surface area (Å²) in [6.07, 6.45) is 1.73. The Morgan fingerprint density at radius 1 is 1.13 bits per heavy atom. The molecule has 1 aliphatic heterocycles. The van der Waals surface area contributed by atoms with Gasteiger partial charge in [0.05, 0.1) is 5.75 Å². The number of benzene rings is 1. The normalized spacial score (nSPS) is 15.1. The van der Waals surface area contributed by atoms with E-state index in [1.54, 1.807) is 6.20 Å². The quantitative estimate of drug-likeness (QED) is 0.677. The molecule has 1 fully saturated rings. The highest BCUT2D eigenvalue weighted by Crippen LogP contribution is 2.19. The SMILES string of the molecule is Cc1ccc(C)c(OCC(=O)NCCS(=O)(=O)N2CCN(c3ccccn3)CC2)c1. The van der Waals surface area contributed by atoms with E-state index in [1.165, 1.54) is 4.31 Å². The number of rotatable bonds is 8. The molecule has 2 heterocycles. The van der Waals surface area contributed by atoms with E-state index in [9.17, 15) is 13.2 Å². The van der Waals surface area contributed by atoms with Gasteiger partial charge in [-0.1, -0.05) is 18.2 Å². The van der Waals surface area contributed by atoms with E-state index in [1.807, 2.05) is 50.2 Å². The standard InChI is InChI=1S/C21H28N4O4S/c1-17-6-7-18(2)19(15-17)29-16-21(26)23-9-14-30(27,28)25-12-10-24(11-13-25)20-5-3-4-8-22-20/h3-8,15H,9-14,16H2,1-2H3,(H,23,26). The Hall–Kier alpha value is -2.65. The smallest absolute Gasteiger partial charge is 0.257 e.